The molecule has 0 saturated carbocycles. The van der Waals surface area contributed by atoms with Crippen LogP contribution in [-0.4, -0.2) is 12.7 Å². The van der Waals surface area contributed by atoms with E-state index in [4.69, 9.17) is 9.68 Å². The Balaban J connectivity index is 2.11. The van der Waals surface area contributed by atoms with Crippen LogP contribution in [0.5, 0.6) is 5.75 Å². The van der Waals surface area contributed by atoms with Crippen molar-refractivity contribution in [1.82, 2.24) is 0 Å². The van der Waals surface area contributed by atoms with Gasteiger partial charge in [0.1, 0.15) is 5.75 Å². The summed E-state index contributed by atoms with van der Waals surface area (Å²) >= 11 is 0. The predicted molar refractivity (Wildman–Crippen MR) is 68.3 cm³/mol. The van der Waals surface area contributed by atoms with Gasteiger partial charge in [-0.05, 0) is 79.7 Å². The van der Waals surface area contributed by atoms with Gasteiger partial charge in [-0.3, -0.25) is 0 Å². The molecule has 1 aromatic rings. The average Bonchev–Trinajstić information content (AvgIpc) is 2.39. The van der Waals surface area contributed by atoms with Crippen LogP contribution in [0.2, 0.25) is 0 Å². The molecule has 89 valence electrons. The topological polar surface area (TPSA) is 29.5 Å². The van der Waals surface area contributed by atoms with Gasteiger partial charge in [-0.2, -0.15) is 0 Å². The number of hydrogen-bond acceptors (Lipinski definition) is 2. The van der Waals surface area contributed by atoms with Crippen molar-refractivity contribution >= 4 is 7.69 Å². The molecule has 1 radical (unpaired) electrons. The van der Waals surface area contributed by atoms with Gasteiger partial charge in [0.15, 0.2) is 0 Å². The lowest BCUT2D eigenvalue weighted by Gasteiger charge is -2.27. The Morgan fingerprint density at radius 2 is 1.53 bits per heavy atom. The SMILES string of the molecule is O[B]Oc1cc2c(c3c1CCCC3)CCCC2. The van der Waals surface area contributed by atoms with Crippen molar-refractivity contribution in [3.05, 3.63) is 28.3 Å². The van der Waals surface area contributed by atoms with Crippen molar-refractivity contribution in [2.75, 3.05) is 0 Å². The molecule has 3 heteroatoms. The van der Waals surface area contributed by atoms with Crippen LogP contribution in [0.1, 0.15) is 47.9 Å². The molecule has 0 spiro atoms. The minimum Gasteiger partial charge on any atom is -0.537 e. The fourth-order valence-electron chi connectivity index (χ4n) is 3.35. The third-order valence-electron chi connectivity index (χ3n) is 4.13. The molecule has 17 heavy (non-hydrogen) atoms. The zero-order valence-corrected chi connectivity index (χ0v) is 10.2. The second-order valence-corrected chi connectivity index (χ2v) is 5.11. The number of benzene rings is 1. The number of aryl methyl sites for hydroxylation is 1. The van der Waals surface area contributed by atoms with Gasteiger partial charge in [-0.1, -0.05) is 0 Å². The van der Waals surface area contributed by atoms with E-state index in [-0.39, 0.29) is 0 Å². The monoisotopic (exact) mass is 229 g/mol. The minimum absolute atomic E-state index is 0.819. The van der Waals surface area contributed by atoms with Crippen LogP contribution in [0.4, 0.5) is 0 Å². The van der Waals surface area contributed by atoms with Crippen molar-refractivity contribution in [1.29, 1.82) is 0 Å². The number of rotatable bonds is 2. The Hall–Kier alpha value is -0.955. The highest BCUT2D eigenvalue weighted by molar-refractivity contribution is 6.17. The van der Waals surface area contributed by atoms with Crippen LogP contribution >= 0.6 is 0 Å². The van der Waals surface area contributed by atoms with Gasteiger partial charge in [0.25, 0.3) is 0 Å². The van der Waals surface area contributed by atoms with E-state index in [2.05, 4.69) is 6.07 Å². The van der Waals surface area contributed by atoms with E-state index in [0.29, 0.717) is 0 Å². The molecule has 0 saturated heterocycles. The Kier molecular flexibility index (Phi) is 3.10. The summed E-state index contributed by atoms with van der Waals surface area (Å²) in [6.45, 7) is 0. The van der Waals surface area contributed by atoms with Crippen LogP contribution < -0.4 is 4.65 Å². The summed E-state index contributed by atoms with van der Waals surface area (Å²) in [6.07, 6.45) is 9.86. The van der Waals surface area contributed by atoms with Crippen molar-refractivity contribution < 1.29 is 9.68 Å². The zero-order valence-electron chi connectivity index (χ0n) is 10.2. The average molecular weight is 229 g/mol. The second-order valence-electron chi connectivity index (χ2n) is 5.11. The Labute approximate surface area is 103 Å². The molecular weight excluding hydrogens is 211 g/mol. The zero-order chi connectivity index (χ0) is 11.7. The molecule has 2 nitrogen and oxygen atoms in total. The number of fused-ring (bicyclic) bond motifs is 3. The molecule has 0 fully saturated rings. The molecule has 0 heterocycles. The van der Waals surface area contributed by atoms with E-state index in [1.54, 1.807) is 5.56 Å². The van der Waals surface area contributed by atoms with Crippen LogP contribution in [-0.2, 0) is 25.7 Å². The summed E-state index contributed by atoms with van der Waals surface area (Å²) in [5.41, 5.74) is 5.93. The molecule has 0 atom stereocenters. The predicted octanol–water partition coefficient (Wildman–Crippen LogP) is 2.35. The Morgan fingerprint density at radius 3 is 2.29 bits per heavy atom. The van der Waals surface area contributed by atoms with Crippen molar-refractivity contribution in [3.63, 3.8) is 0 Å². The smallest absolute Gasteiger partial charge is 0.537 e. The van der Waals surface area contributed by atoms with Crippen molar-refractivity contribution in [2.45, 2.75) is 51.4 Å². The van der Waals surface area contributed by atoms with Gasteiger partial charge in [0, 0.05) is 0 Å². The molecule has 0 aliphatic heterocycles. The summed E-state index contributed by atoms with van der Waals surface area (Å²) in [7, 11) is 0.819. The first-order valence-electron chi connectivity index (χ1n) is 6.69. The van der Waals surface area contributed by atoms with Crippen LogP contribution in [0.3, 0.4) is 0 Å². The molecule has 1 aromatic carbocycles. The second kappa shape index (κ2) is 4.73. The van der Waals surface area contributed by atoms with Gasteiger partial charge in [-0.25, -0.2) is 0 Å². The third kappa shape index (κ3) is 1.97. The lowest BCUT2D eigenvalue weighted by atomic mass is 9.80. The maximum Gasteiger partial charge on any atom is 0.569 e. The van der Waals surface area contributed by atoms with E-state index in [9.17, 15) is 0 Å². The van der Waals surface area contributed by atoms with Crippen LogP contribution in [0.15, 0.2) is 6.07 Å². The molecule has 2 aliphatic rings. The van der Waals surface area contributed by atoms with Gasteiger partial charge in [-0.15, -0.1) is 0 Å². The van der Waals surface area contributed by atoms with Gasteiger partial charge >= 0.3 is 7.69 Å². The van der Waals surface area contributed by atoms with Gasteiger partial charge in [0.2, 0.25) is 0 Å². The van der Waals surface area contributed by atoms with Crippen molar-refractivity contribution in [3.8, 4) is 5.75 Å². The molecule has 0 unspecified atom stereocenters. The fraction of sp³-hybridized carbons (Fsp3) is 0.571. The van der Waals surface area contributed by atoms with E-state index in [1.165, 1.54) is 61.6 Å². The van der Waals surface area contributed by atoms with E-state index in [0.717, 1.165) is 19.9 Å². The quantitative estimate of drug-likeness (QED) is 0.788. The highest BCUT2D eigenvalue weighted by Crippen LogP contribution is 2.37. The molecular formula is C14H18BO2. The molecule has 0 amide bonds. The normalized spacial score (nSPS) is 18.2. The fourth-order valence-corrected chi connectivity index (χ4v) is 3.35. The summed E-state index contributed by atoms with van der Waals surface area (Å²) < 4.78 is 5.30. The Morgan fingerprint density at radius 1 is 0.882 bits per heavy atom. The molecule has 0 aromatic heterocycles. The largest absolute Gasteiger partial charge is 0.569 e. The van der Waals surface area contributed by atoms with Crippen molar-refractivity contribution in [2.24, 2.45) is 0 Å². The maximum atomic E-state index is 8.88. The van der Waals surface area contributed by atoms with E-state index in [1.807, 2.05) is 0 Å². The standard InChI is InChI=1S/C14H18BO2/c16-15-17-14-9-10-5-1-2-6-11(10)12-7-3-4-8-13(12)14/h9,16H,1-8H2. The maximum absolute atomic E-state index is 8.88. The van der Waals surface area contributed by atoms with Gasteiger partial charge in [0.05, 0.1) is 0 Å². The van der Waals surface area contributed by atoms with Crippen LogP contribution in [0.25, 0.3) is 0 Å². The molecule has 3 rings (SSSR count). The molecule has 1 N–H and O–H groups in total. The highest BCUT2D eigenvalue weighted by Gasteiger charge is 2.22. The van der Waals surface area contributed by atoms with Gasteiger partial charge < -0.3 is 9.68 Å². The molecule has 2 aliphatic carbocycles. The summed E-state index contributed by atoms with van der Waals surface area (Å²) in [4.78, 5) is 0. The first-order chi connectivity index (χ1) is 8.40. The number of hydrogen-bond donors (Lipinski definition) is 1. The highest BCUT2D eigenvalue weighted by atomic mass is 16.5. The minimum atomic E-state index is 0.819. The summed E-state index contributed by atoms with van der Waals surface area (Å²) in [5.74, 6) is 0.892. The first kappa shape index (κ1) is 11.2. The lowest BCUT2D eigenvalue weighted by molar-refractivity contribution is 0.446. The Bertz CT molecular complexity index is 429. The lowest BCUT2D eigenvalue weighted by Crippen LogP contribution is -2.15. The summed E-state index contributed by atoms with van der Waals surface area (Å²) in [6, 6.07) is 2.16. The van der Waals surface area contributed by atoms with Crippen LogP contribution in [0, 0.1) is 0 Å². The first-order valence-corrected chi connectivity index (χ1v) is 6.69. The molecule has 0 bridgehead atoms. The van der Waals surface area contributed by atoms with E-state index < -0.39 is 0 Å². The van der Waals surface area contributed by atoms with E-state index >= 15 is 0 Å². The summed E-state index contributed by atoms with van der Waals surface area (Å²) in [5, 5.41) is 8.88. The third-order valence-corrected chi connectivity index (χ3v) is 4.13.